The van der Waals surface area contributed by atoms with Crippen LogP contribution in [0.25, 0.3) is 6.08 Å². The lowest BCUT2D eigenvalue weighted by molar-refractivity contribution is -0.139. The summed E-state index contributed by atoms with van der Waals surface area (Å²) in [7, 11) is 1.53. The average Bonchev–Trinajstić information content (AvgIpc) is 3.43. The van der Waals surface area contributed by atoms with Gasteiger partial charge in [-0.25, -0.2) is 9.79 Å². The molecule has 9 rings (SSSR count). The van der Waals surface area contributed by atoms with Crippen molar-refractivity contribution in [2.24, 2.45) is 22.7 Å². The van der Waals surface area contributed by atoms with E-state index < -0.39 is 12.0 Å². The molecule has 0 radical (unpaired) electrons. The van der Waals surface area contributed by atoms with E-state index >= 15 is 0 Å². The molecule has 53 heavy (non-hydrogen) atoms. The third-order valence-corrected chi connectivity index (χ3v) is 12.6. The van der Waals surface area contributed by atoms with Gasteiger partial charge in [-0.1, -0.05) is 59.4 Å². The highest BCUT2D eigenvalue weighted by atomic mass is 32.1. The zero-order chi connectivity index (χ0) is 36.9. The summed E-state index contributed by atoms with van der Waals surface area (Å²) < 4.78 is 19.0. The molecule has 4 fully saturated rings. The van der Waals surface area contributed by atoms with Crippen molar-refractivity contribution in [2.75, 3.05) is 25.6 Å². The maximum atomic E-state index is 14.0. The first-order valence-electron chi connectivity index (χ1n) is 18.6. The number of aromatic nitrogens is 1. The molecule has 9 nitrogen and oxygen atoms in total. The van der Waals surface area contributed by atoms with Crippen molar-refractivity contribution in [3.8, 4) is 11.5 Å². The van der Waals surface area contributed by atoms with Gasteiger partial charge in [-0.2, -0.15) is 0 Å². The van der Waals surface area contributed by atoms with Gasteiger partial charge in [0.25, 0.3) is 11.5 Å². The van der Waals surface area contributed by atoms with Gasteiger partial charge in [-0.15, -0.1) is 0 Å². The van der Waals surface area contributed by atoms with E-state index in [9.17, 15) is 14.4 Å². The fourth-order valence-electron chi connectivity index (χ4n) is 9.61. The molecule has 4 saturated carbocycles. The Bertz CT molecular complexity index is 2250. The van der Waals surface area contributed by atoms with E-state index in [1.54, 1.807) is 36.6 Å². The lowest BCUT2D eigenvalue weighted by Crippen LogP contribution is -2.48. The number of carbonyl (C=O) groups is 2. The summed E-state index contributed by atoms with van der Waals surface area (Å²) in [5, 5.41) is 2.97. The lowest BCUT2D eigenvalue weighted by atomic mass is 9.48. The first kappa shape index (κ1) is 35.1. The van der Waals surface area contributed by atoms with E-state index in [2.05, 4.69) is 22.4 Å². The van der Waals surface area contributed by atoms with Crippen molar-refractivity contribution in [3.05, 3.63) is 120 Å². The summed E-state index contributed by atoms with van der Waals surface area (Å²) in [6.07, 6.45) is 9.94. The smallest absolute Gasteiger partial charge is 0.338 e. The summed E-state index contributed by atoms with van der Waals surface area (Å²) in [5.74, 6) is 2.73. The maximum absolute atomic E-state index is 14.0. The molecule has 1 amide bonds. The quantitative estimate of drug-likeness (QED) is 0.184. The number of esters is 1. The van der Waals surface area contributed by atoms with Gasteiger partial charge in [0.2, 0.25) is 0 Å². The number of hydrogen-bond acceptors (Lipinski definition) is 8. The van der Waals surface area contributed by atoms with E-state index in [0.717, 1.165) is 34.6 Å². The second-order valence-electron chi connectivity index (χ2n) is 15.2. The minimum atomic E-state index is -0.677. The highest BCUT2D eigenvalue weighted by Gasteiger charge is 2.51. The molecule has 5 aliphatic rings. The average molecular weight is 732 g/mol. The van der Waals surface area contributed by atoms with Gasteiger partial charge in [0.1, 0.15) is 0 Å². The molecule has 0 unspecified atom stereocenters. The van der Waals surface area contributed by atoms with Crippen molar-refractivity contribution in [1.82, 2.24) is 4.57 Å². The molecule has 0 saturated heterocycles. The van der Waals surface area contributed by atoms with Crippen LogP contribution in [0.15, 0.2) is 87.8 Å². The summed E-state index contributed by atoms with van der Waals surface area (Å²) in [6, 6.07) is 20.9. The zero-order valence-electron chi connectivity index (χ0n) is 30.6. The molecule has 0 spiro atoms. The second kappa shape index (κ2) is 14.1. The first-order valence-corrected chi connectivity index (χ1v) is 19.4. The van der Waals surface area contributed by atoms with Crippen LogP contribution in [0.3, 0.4) is 0 Å². The van der Waals surface area contributed by atoms with Crippen molar-refractivity contribution < 1.29 is 23.8 Å². The molecule has 1 aliphatic heterocycles. The van der Waals surface area contributed by atoms with Crippen LogP contribution in [0.1, 0.15) is 80.7 Å². The van der Waals surface area contributed by atoms with Gasteiger partial charge >= 0.3 is 5.97 Å². The number of amides is 1. The summed E-state index contributed by atoms with van der Waals surface area (Å²) in [5.41, 5.74) is 5.66. The number of allylic oxidation sites excluding steroid dienone is 1. The number of thiazole rings is 1. The van der Waals surface area contributed by atoms with Crippen molar-refractivity contribution in [3.63, 3.8) is 0 Å². The highest BCUT2D eigenvalue weighted by Crippen LogP contribution is 2.60. The molecular weight excluding hydrogens is 687 g/mol. The monoisotopic (exact) mass is 731 g/mol. The Hall–Kier alpha value is -4.96. The number of rotatable bonds is 10. The van der Waals surface area contributed by atoms with Gasteiger partial charge in [0.05, 0.1) is 35.6 Å². The number of hydrogen-bond donors (Lipinski definition) is 1. The molecule has 4 aromatic rings. The summed E-state index contributed by atoms with van der Waals surface area (Å²) in [4.78, 5) is 45.3. The Kier molecular flexibility index (Phi) is 9.35. The predicted octanol–water partition coefficient (Wildman–Crippen LogP) is 6.60. The van der Waals surface area contributed by atoms with Crippen molar-refractivity contribution in [1.29, 1.82) is 0 Å². The molecular formula is C43H45N3O6S. The molecule has 4 aliphatic carbocycles. The SMILES string of the molecule is CCOC(=O)C1=C(C)N=c2s/c(=C/c3ccc(OCC(=O)Nc4ccc(C56CC7CC(CC(C7)C5)C6)cc4)c(OC)c3)c(=O)n2[C@H]1c1ccc(C)cc1. The molecule has 1 atom stereocenters. The largest absolute Gasteiger partial charge is 0.493 e. The number of carbonyl (C=O) groups excluding carboxylic acids is 2. The minimum absolute atomic E-state index is 0.188. The van der Waals surface area contributed by atoms with Crippen LogP contribution in [0.2, 0.25) is 0 Å². The molecule has 4 bridgehead atoms. The van der Waals surface area contributed by atoms with E-state index in [-0.39, 0.29) is 24.7 Å². The summed E-state index contributed by atoms with van der Waals surface area (Å²) in [6.45, 7) is 5.54. The number of benzene rings is 3. The van der Waals surface area contributed by atoms with Crippen LogP contribution in [-0.4, -0.2) is 36.8 Å². The van der Waals surface area contributed by atoms with Crippen LogP contribution in [-0.2, 0) is 19.7 Å². The van der Waals surface area contributed by atoms with Gasteiger partial charge in [-0.05, 0) is 129 Å². The number of nitrogens with one attached hydrogen (secondary N) is 1. The maximum Gasteiger partial charge on any atom is 0.338 e. The molecule has 1 aromatic heterocycles. The number of methoxy groups -OCH3 is 1. The first-order chi connectivity index (χ1) is 25.6. The van der Waals surface area contributed by atoms with Gasteiger partial charge in [0, 0.05) is 5.69 Å². The lowest BCUT2D eigenvalue weighted by Gasteiger charge is -2.57. The Morgan fingerprint density at radius 2 is 1.62 bits per heavy atom. The van der Waals surface area contributed by atoms with Crippen molar-refractivity contribution >= 4 is 35.0 Å². The van der Waals surface area contributed by atoms with Crippen molar-refractivity contribution in [2.45, 2.75) is 70.8 Å². The van der Waals surface area contributed by atoms with Crippen LogP contribution in [0.5, 0.6) is 11.5 Å². The van der Waals surface area contributed by atoms with E-state index in [0.29, 0.717) is 43.1 Å². The summed E-state index contributed by atoms with van der Waals surface area (Å²) >= 11 is 1.25. The Morgan fingerprint density at radius 3 is 2.26 bits per heavy atom. The minimum Gasteiger partial charge on any atom is -0.493 e. The molecule has 2 heterocycles. The Morgan fingerprint density at radius 1 is 0.943 bits per heavy atom. The second-order valence-corrected chi connectivity index (χ2v) is 16.2. The Labute approximate surface area is 313 Å². The molecule has 274 valence electrons. The Balaban J connectivity index is 0.978. The predicted molar refractivity (Wildman–Crippen MR) is 205 cm³/mol. The number of ether oxygens (including phenoxy) is 3. The topological polar surface area (TPSA) is 108 Å². The number of nitrogens with zero attached hydrogens (tertiary/aromatic N) is 2. The molecule has 1 N–H and O–H groups in total. The number of aryl methyl sites for hydroxylation is 1. The van der Waals surface area contributed by atoms with Crippen LogP contribution in [0, 0.1) is 24.7 Å². The number of fused-ring (bicyclic) bond motifs is 1. The molecule has 10 heteroatoms. The fourth-order valence-corrected chi connectivity index (χ4v) is 10.7. The normalized spacial score (nSPS) is 24.4. The zero-order valence-corrected chi connectivity index (χ0v) is 31.5. The highest BCUT2D eigenvalue weighted by molar-refractivity contribution is 7.07. The fraction of sp³-hybridized carbons (Fsp3) is 0.395. The van der Waals surface area contributed by atoms with Gasteiger partial charge in [-0.3, -0.25) is 14.2 Å². The van der Waals surface area contributed by atoms with Crippen LogP contribution < -0.4 is 29.7 Å². The van der Waals surface area contributed by atoms with E-state index in [4.69, 9.17) is 14.2 Å². The standard InChI is InChI=1S/C43H45N3O6S/c1-5-51-41(49)38-26(3)44-42-46(39(38)31-9-6-25(2)7-10-31)40(48)36(53-42)20-27-8-15-34(35(19-27)50-4)52-24-37(47)45-33-13-11-32(12-14-33)43-21-28-16-29(22-43)18-30(17-28)23-43/h6-15,19-20,28-30,39H,5,16-18,21-24H2,1-4H3,(H,45,47)/b36-20+/t28?,29?,30?,39-,43?/m0/s1. The van der Waals surface area contributed by atoms with E-state index in [1.165, 1.54) is 62.5 Å². The van der Waals surface area contributed by atoms with Crippen LogP contribution in [0.4, 0.5) is 5.69 Å². The third kappa shape index (κ3) is 6.73. The van der Waals surface area contributed by atoms with Crippen LogP contribution >= 0.6 is 11.3 Å². The van der Waals surface area contributed by atoms with E-state index in [1.807, 2.05) is 49.4 Å². The van der Waals surface area contributed by atoms with Gasteiger partial charge in [0.15, 0.2) is 22.9 Å². The molecule has 3 aromatic carbocycles. The number of anilines is 1. The third-order valence-electron chi connectivity index (χ3n) is 11.6. The van der Waals surface area contributed by atoms with Gasteiger partial charge < -0.3 is 19.5 Å².